The van der Waals surface area contributed by atoms with Gasteiger partial charge in [-0.15, -0.1) is 0 Å². The molecule has 2 aromatic rings. The van der Waals surface area contributed by atoms with Gasteiger partial charge in [-0.05, 0) is 31.2 Å². The molecule has 1 heterocycles. The minimum atomic E-state index is -0.349. The summed E-state index contributed by atoms with van der Waals surface area (Å²) in [6, 6.07) is 17.6. The molecule has 1 aliphatic heterocycles. The fraction of sp³-hybridized carbons (Fsp3) is 0.158. The van der Waals surface area contributed by atoms with Crippen LogP contribution in [0.3, 0.4) is 0 Å². The van der Waals surface area contributed by atoms with E-state index in [4.69, 9.17) is 0 Å². The summed E-state index contributed by atoms with van der Waals surface area (Å²) >= 11 is 0. The van der Waals surface area contributed by atoms with Crippen molar-refractivity contribution in [2.24, 2.45) is 0 Å². The highest BCUT2D eigenvalue weighted by molar-refractivity contribution is 5.94. The molecule has 0 saturated heterocycles. The smallest absolute Gasteiger partial charge is 0.306 e. The standard InChI is InChI=1S/C19H20N4O2/c1-15-12-13-22(18(24)20-16-8-4-2-5-9-16)23(14-15)19(25)21-17-10-6-3-7-11-17/h2-12H,13-14H2,1H3,(H,20,24)(H,21,25). The number of hydrogen-bond acceptors (Lipinski definition) is 2. The lowest BCUT2D eigenvalue weighted by Gasteiger charge is -2.37. The van der Waals surface area contributed by atoms with Gasteiger partial charge >= 0.3 is 12.1 Å². The maximum Gasteiger partial charge on any atom is 0.341 e. The molecule has 6 heteroatoms. The zero-order valence-corrected chi connectivity index (χ0v) is 14.0. The van der Waals surface area contributed by atoms with Gasteiger partial charge in [-0.25, -0.2) is 19.6 Å². The average Bonchev–Trinajstić information content (AvgIpc) is 2.63. The van der Waals surface area contributed by atoms with E-state index in [1.54, 1.807) is 24.3 Å². The summed E-state index contributed by atoms with van der Waals surface area (Å²) in [7, 11) is 0. The average molecular weight is 336 g/mol. The lowest BCUT2D eigenvalue weighted by atomic mass is 10.2. The normalized spacial score (nSPS) is 13.9. The van der Waals surface area contributed by atoms with Crippen molar-refractivity contribution < 1.29 is 9.59 Å². The number of rotatable bonds is 2. The van der Waals surface area contributed by atoms with Crippen LogP contribution in [-0.2, 0) is 0 Å². The Hall–Kier alpha value is -3.28. The summed E-state index contributed by atoms with van der Waals surface area (Å²) in [5.74, 6) is 0. The van der Waals surface area contributed by atoms with E-state index >= 15 is 0 Å². The predicted octanol–water partition coefficient (Wildman–Crippen LogP) is 3.93. The highest BCUT2D eigenvalue weighted by Gasteiger charge is 2.28. The molecule has 0 spiro atoms. The largest absolute Gasteiger partial charge is 0.341 e. The maximum atomic E-state index is 12.6. The molecule has 128 valence electrons. The molecule has 2 aromatic carbocycles. The highest BCUT2D eigenvalue weighted by atomic mass is 16.2. The number of carbonyl (C=O) groups excluding carboxylic acids is 2. The van der Waals surface area contributed by atoms with Gasteiger partial charge in [0.25, 0.3) is 0 Å². The summed E-state index contributed by atoms with van der Waals surface area (Å²) in [5.41, 5.74) is 2.40. The van der Waals surface area contributed by atoms with Gasteiger partial charge in [0.1, 0.15) is 0 Å². The van der Waals surface area contributed by atoms with Crippen LogP contribution in [-0.4, -0.2) is 35.2 Å². The van der Waals surface area contributed by atoms with E-state index in [2.05, 4.69) is 10.6 Å². The first-order valence-electron chi connectivity index (χ1n) is 8.06. The molecule has 0 bridgehead atoms. The van der Waals surface area contributed by atoms with E-state index in [-0.39, 0.29) is 12.1 Å². The fourth-order valence-corrected chi connectivity index (χ4v) is 2.52. The van der Waals surface area contributed by atoms with Gasteiger partial charge < -0.3 is 10.6 Å². The number of hydrazine groups is 1. The van der Waals surface area contributed by atoms with Crippen LogP contribution in [0, 0.1) is 0 Å². The third-order valence-electron chi connectivity index (χ3n) is 3.82. The van der Waals surface area contributed by atoms with E-state index in [9.17, 15) is 9.59 Å². The second kappa shape index (κ2) is 7.53. The summed E-state index contributed by atoms with van der Waals surface area (Å²) in [6.45, 7) is 2.64. The Labute approximate surface area is 146 Å². The zero-order valence-electron chi connectivity index (χ0n) is 14.0. The van der Waals surface area contributed by atoms with Gasteiger partial charge in [-0.3, -0.25) is 0 Å². The van der Waals surface area contributed by atoms with E-state index in [0.717, 1.165) is 5.57 Å². The number of para-hydroxylation sites is 2. The van der Waals surface area contributed by atoms with Crippen molar-refractivity contribution in [2.75, 3.05) is 23.7 Å². The predicted molar refractivity (Wildman–Crippen MR) is 98.1 cm³/mol. The van der Waals surface area contributed by atoms with Crippen molar-refractivity contribution in [3.63, 3.8) is 0 Å². The molecule has 0 atom stereocenters. The molecule has 4 amide bonds. The van der Waals surface area contributed by atoms with Gasteiger partial charge in [0.15, 0.2) is 0 Å². The van der Waals surface area contributed by atoms with E-state index in [0.29, 0.717) is 24.5 Å². The second-order valence-corrected chi connectivity index (χ2v) is 5.78. The van der Waals surface area contributed by atoms with E-state index in [1.165, 1.54) is 10.0 Å². The third-order valence-corrected chi connectivity index (χ3v) is 3.82. The first-order chi connectivity index (χ1) is 12.1. The number of anilines is 2. The van der Waals surface area contributed by atoms with Crippen LogP contribution in [0.15, 0.2) is 72.3 Å². The molecule has 0 fully saturated rings. The Morgan fingerprint density at radius 1 is 0.800 bits per heavy atom. The molecule has 0 saturated carbocycles. The minimum Gasteiger partial charge on any atom is -0.306 e. The maximum absolute atomic E-state index is 12.6. The summed E-state index contributed by atoms with van der Waals surface area (Å²) in [5, 5.41) is 8.45. The SMILES string of the molecule is CC1=CCN(C(=O)Nc2ccccc2)N(C(=O)Nc2ccccc2)C1. The van der Waals surface area contributed by atoms with Crippen LogP contribution in [0.4, 0.5) is 21.0 Å². The quantitative estimate of drug-likeness (QED) is 0.816. The van der Waals surface area contributed by atoms with E-state index in [1.807, 2.05) is 49.4 Å². The van der Waals surface area contributed by atoms with Gasteiger partial charge in [0, 0.05) is 11.4 Å². The molecular formula is C19H20N4O2. The Morgan fingerprint density at radius 3 is 1.80 bits per heavy atom. The second-order valence-electron chi connectivity index (χ2n) is 5.78. The first-order valence-corrected chi connectivity index (χ1v) is 8.06. The molecular weight excluding hydrogens is 316 g/mol. The number of benzene rings is 2. The number of hydrogen-bond donors (Lipinski definition) is 2. The van der Waals surface area contributed by atoms with Gasteiger partial charge in [-0.2, -0.15) is 0 Å². The van der Waals surface area contributed by atoms with E-state index < -0.39 is 0 Å². The van der Waals surface area contributed by atoms with Crippen LogP contribution in [0.5, 0.6) is 0 Å². The third kappa shape index (κ3) is 4.17. The zero-order chi connectivity index (χ0) is 17.6. The molecule has 2 N–H and O–H groups in total. The summed E-state index contributed by atoms with van der Waals surface area (Å²) in [6.07, 6.45) is 1.94. The Kier molecular flexibility index (Phi) is 4.99. The van der Waals surface area contributed by atoms with Crippen LogP contribution >= 0.6 is 0 Å². The van der Waals surface area contributed by atoms with Crippen molar-refractivity contribution in [1.82, 2.24) is 10.0 Å². The van der Waals surface area contributed by atoms with Crippen LogP contribution in [0.2, 0.25) is 0 Å². The van der Waals surface area contributed by atoms with Gasteiger partial charge in [0.2, 0.25) is 0 Å². The number of nitrogens with zero attached hydrogens (tertiary/aromatic N) is 2. The molecule has 0 aliphatic carbocycles. The number of amides is 4. The molecule has 0 radical (unpaired) electrons. The van der Waals surface area contributed by atoms with Crippen LogP contribution in [0.1, 0.15) is 6.92 Å². The summed E-state index contributed by atoms with van der Waals surface area (Å²) < 4.78 is 0. The Balaban J connectivity index is 1.74. The molecule has 25 heavy (non-hydrogen) atoms. The number of carbonyl (C=O) groups is 2. The lowest BCUT2D eigenvalue weighted by Crippen LogP contribution is -2.55. The van der Waals surface area contributed by atoms with Crippen LogP contribution < -0.4 is 10.6 Å². The van der Waals surface area contributed by atoms with Gasteiger partial charge in [0.05, 0.1) is 13.1 Å². The van der Waals surface area contributed by atoms with Crippen molar-refractivity contribution in [1.29, 1.82) is 0 Å². The number of nitrogens with one attached hydrogen (secondary N) is 2. The molecule has 3 rings (SSSR count). The van der Waals surface area contributed by atoms with Crippen molar-refractivity contribution >= 4 is 23.4 Å². The van der Waals surface area contributed by atoms with Crippen molar-refractivity contribution in [3.8, 4) is 0 Å². The van der Waals surface area contributed by atoms with Crippen molar-refractivity contribution in [3.05, 3.63) is 72.3 Å². The fourth-order valence-electron chi connectivity index (χ4n) is 2.52. The Morgan fingerprint density at radius 2 is 1.28 bits per heavy atom. The minimum absolute atomic E-state index is 0.340. The topological polar surface area (TPSA) is 64.7 Å². The number of urea groups is 2. The monoisotopic (exact) mass is 336 g/mol. The van der Waals surface area contributed by atoms with Crippen LogP contribution in [0.25, 0.3) is 0 Å². The lowest BCUT2D eigenvalue weighted by molar-refractivity contribution is 0.0693. The Bertz CT molecular complexity index is 775. The molecule has 6 nitrogen and oxygen atoms in total. The molecule has 0 unspecified atom stereocenters. The van der Waals surface area contributed by atoms with Gasteiger partial charge in [-0.1, -0.05) is 48.0 Å². The molecule has 1 aliphatic rings. The summed E-state index contributed by atoms with van der Waals surface area (Å²) in [4.78, 5) is 25.3. The molecule has 0 aromatic heterocycles. The highest BCUT2D eigenvalue weighted by Crippen LogP contribution is 2.16. The van der Waals surface area contributed by atoms with Crippen molar-refractivity contribution in [2.45, 2.75) is 6.92 Å². The first kappa shape index (κ1) is 16.6.